The number of imide groups is 1. The summed E-state index contributed by atoms with van der Waals surface area (Å²) in [5.41, 5.74) is 1.17. The van der Waals surface area contributed by atoms with Crippen molar-refractivity contribution >= 4 is 27.5 Å². The van der Waals surface area contributed by atoms with E-state index in [0.29, 0.717) is 0 Å². The van der Waals surface area contributed by atoms with Gasteiger partial charge >= 0.3 is 0 Å². The third-order valence-electron chi connectivity index (χ3n) is 4.70. The SMILES string of the molecule is COc1ccc(S(=O)(=O)NCC(C)c2ccccc2)cc1N1C(=O)CCC1=O. The van der Waals surface area contributed by atoms with E-state index in [1.165, 1.54) is 25.3 Å². The lowest BCUT2D eigenvalue weighted by Crippen LogP contribution is -2.30. The van der Waals surface area contributed by atoms with Crippen molar-refractivity contribution in [1.29, 1.82) is 0 Å². The predicted molar refractivity (Wildman–Crippen MR) is 105 cm³/mol. The Bertz CT molecular complexity index is 973. The molecule has 0 bridgehead atoms. The number of ether oxygens (including phenoxy) is 1. The number of sulfonamides is 1. The molecule has 1 N–H and O–H groups in total. The Morgan fingerprint density at radius 1 is 1.07 bits per heavy atom. The normalized spacial score (nSPS) is 15.7. The molecule has 1 aliphatic rings. The molecule has 2 aromatic rings. The van der Waals surface area contributed by atoms with Crippen LogP contribution < -0.4 is 14.4 Å². The minimum Gasteiger partial charge on any atom is -0.495 e. The predicted octanol–water partition coefficient (Wildman–Crippen LogP) is 2.43. The van der Waals surface area contributed by atoms with E-state index in [9.17, 15) is 18.0 Å². The number of methoxy groups -OCH3 is 1. The summed E-state index contributed by atoms with van der Waals surface area (Å²) in [6.45, 7) is 2.15. The van der Waals surface area contributed by atoms with Crippen molar-refractivity contribution in [2.45, 2.75) is 30.6 Å². The highest BCUT2D eigenvalue weighted by Crippen LogP contribution is 2.34. The first-order valence-electron chi connectivity index (χ1n) is 8.92. The summed E-state index contributed by atoms with van der Waals surface area (Å²) in [7, 11) is -2.43. The van der Waals surface area contributed by atoms with Crippen LogP contribution in [0.15, 0.2) is 53.4 Å². The van der Waals surface area contributed by atoms with Crippen molar-refractivity contribution in [2.24, 2.45) is 0 Å². The molecule has 2 amide bonds. The minimum atomic E-state index is -3.83. The Morgan fingerprint density at radius 2 is 1.71 bits per heavy atom. The number of nitrogens with zero attached hydrogens (tertiary/aromatic N) is 1. The summed E-state index contributed by atoms with van der Waals surface area (Å²) >= 11 is 0. The lowest BCUT2D eigenvalue weighted by atomic mass is 10.0. The van der Waals surface area contributed by atoms with Crippen LogP contribution in [0.1, 0.15) is 31.2 Å². The van der Waals surface area contributed by atoms with Crippen molar-refractivity contribution in [3.05, 3.63) is 54.1 Å². The van der Waals surface area contributed by atoms with Gasteiger partial charge in [-0.15, -0.1) is 0 Å². The van der Waals surface area contributed by atoms with Crippen LogP contribution in [0.2, 0.25) is 0 Å². The second-order valence-corrected chi connectivity index (χ2v) is 8.39. The number of carbonyl (C=O) groups is 2. The van der Waals surface area contributed by atoms with Crippen molar-refractivity contribution in [3.63, 3.8) is 0 Å². The van der Waals surface area contributed by atoms with E-state index in [0.717, 1.165) is 10.5 Å². The molecule has 28 heavy (non-hydrogen) atoms. The van der Waals surface area contributed by atoms with Gasteiger partial charge in [0.25, 0.3) is 0 Å². The van der Waals surface area contributed by atoms with Gasteiger partial charge in [0.05, 0.1) is 17.7 Å². The third kappa shape index (κ3) is 4.07. The van der Waals surface area contributed by atoms with E-state index >= 15 is 0 Å². The van der Waals surface area contributed by atoms with E-state index in [-0.39, 0.29) is 53.5 Å². The van der Waals surface area contributed by atoms with Crippen LogP contribution in [0, 0.1) is 0 Å². The molecule has 1 unspecified atom stereocenters. The fraction of sp³-hybridized carbons (Fsp3) is 0.300. The first kappa shape index (κ1) is 20.0. The first-order valence-corrected chi connectivity index (χ1v) is 10.4. The minimum absolute atomic E-state index is 0.0181. The molecule has 0 saturated carbocycles. The summed E-state index contributed by atoms with van der Waals surface area (Å²) in [6.07, 6.45) is 0.206. The Kier molecular flexibility index (Phi) is 5.81. The van der Waals surface area contributed by atoms with Gasteiger partial charge in [-0.1, -0.05) is 37.3 Å². The van der Waals surface area contributed by atoms with Gasteiger partial charge in [0.15, 0.2) is 0 Å². The Balaban J connectivity index is 1.85. The fourth-order valence-electron chi connectivity index (χ4n) is 3.07. The Labute approximate surface area is 164 Å². The van der Waals surface area contributed by atoms with Crippen molar-refractivity contribution in [3.8, 4) is 5.75 Å². The summed E-state index contributed by atoms with van der Waals surface area (Å²) in [5, 5.41) is 0. The monoisotopic (exact) mass is 402 g/mol. The van der Waals surface area contributed by atoms with Gasteiger partial charge in [0.2, 0.25) is 21.8 Å². The maximum absolute atomic E-state index is 12.8. The number of carbonyl (C=O) groups excluding carboxylic acids is 2. The molecular formula is C20H22N2O5S. The Hall–Kier alpha value is -2.71. The van der Waals surface area contributed by atoms with Crippen molar-refractivity contribution in [2.75, 3.05) is 18.6 Å². The molecule has 2 aromatic carbocycles. The highest BCUT2D eigenvalue weighted by atomic mass is 32.2. The molecule has 148 valence electrons. The number of benzene rings is 2. The van der Waals surface area contributed by atoms with Crippen LogP contribution in [0.3, 0.4) is 0 Å². The summed E-state index contributed by atoms with van der Waals surface area (Å²) < 4.78 is 33.3. The summed E-state index contributed by atoms with van der Waals surface area (Å²) in [6, 6.07) is 13.7. The Morgan fingerprint density at radius 3 is 2.32 bits per heavy atom. The molecule has 8 heteroatoms. The maximum atomic E-state index is 12.8. The van der Waals surface area contributed by atoms with Gasteiger partial charge in [-0.3, -0.25) is 9.59 Å². The van der Waals surface area contributed by atoms with Crippen LogP contribution in [0.25, 0.3) is 0 Å². The number of hydrogen-bond acceptors (Lipinski definition) is 5. The largest absolute Gasteiger partial charge is 0.495 e. The highest BCUT2D eigenvalue weighted by Gasteiger charge is 2.33. The average molecular weight is 402 g/mol. The third-order valence-corrected chi connectivity index (χ3v) is 6.12. The molecule has 1 fully saturated rings. The zero-order chi connectivity index (χ0) is 20.3. The van der Waals surface area contributed by atoms with Gasteiger partial charge in [0, 0.05) is 19.4 Å². The lowest BCUT2D eigenvalue weighted by molar-refractivity contribution is -0.121. The van der Waals surface area contributed by atoms with Gasteiger partial charge in [0.1, 0.15) is 5.75 Å². The van der Waals surface area contributed by atoms with E-state index in [1.54, 1.807) is 0 Å². The smallest absolute Gasteiger partial charge is 0.240 e. The van der Waals surface area contributed by atoms with Gasteiger partial charge in [-0.2, -0.15) is 0 Å². The number of anilines is 1. The lowest BCUT2D eigenvalue weighted by Gasteiger charge is -2.19. The molecule has 0 aliphatic carbocycles. The van der Waals surface area contributed by atoms with Crippen LogP contribution in [-0.4, -0.2) is 33.9 Å². The highest BCUT2D eigenvalue weighted by molar-refractivity contribution is 7.89. The van der Waals surface area contributed by atoms with Crippen LogP contribution in [0.4, 0.5) is 5.69 Å². The average Bonchev–Trinajstić information content (AvgIpc) is 3.04. The molecule has 1 atom stereocenters. The van der Waals surface area contributed by atoms with E-state index in [4.69, 9.17) is 4.74 Å². The van der Waals surface area contributed by atoms with E-state index in [1.807, 2.05) is 37.3 Å². The summed E-state index contributed by atoms with van der Waals surface area (Å²) in [4.78, 5) is 25.1. The van der Waals surface area contributed by atoms with E-state index in [2.05, 4.69) is 4.72 Å². The van der Waals surface area contributed by atoms with Crippen molar-refractivity contribution in [1.82, 2.24) is 4.72 Å². The van der Waals surface area contributed by atoms with Crippen LogP contribution >= 0.6 is 0 Å². The van der Waals surface area contributed by atoms with Gasteiger partial charge in [-0.05, 0) is 29.7 Å². The number of hydrogen-bond donors (Lipinski definition) is 1. The second kappa shape index (κ2) is 8.12. The molecular weight excluding hydrogens is 380 g/mol. The number of nitrogens with one attached hydrogen (secondary N) is 1. The molecule has 0 aromatic heterocycles. The van der Waals surface area contributed by atoms with Gasteiger partial charge in [-0.25, -0.2) is 18.0 Å². The molecule has 1 saturated heterocycles. The standard InChI is InChI=1S/C20H22N2O5S/c1-14(15-6-4-3-5-7-15)13-21-28(25,26)16-8-9-18(27-2)17(12-16)22-19(23)10-11-20(22)24/h3-9,12,14,21H,10-11,13H2,1-2H3. The van der Waals surface area contributed by atoms with Crippen molar-refractivity contribution < 1.29 is 22.7 Å². The topological polar surface area (TPSA) is 92.8 Å². The zero-order valence-electron chi connectivity index (χ0n) is 15.7. The quantitative estimate of drug-likeness (QED) is 0.718. The van der Waals surface area contributed by atoms with E-state index < -0.39 is 10.0 Å². The maximum Gasteiger partial charge on any atom is 0.240 e. The molecule has 1 aliphatic heterocycles. The molecule has 3 rings (SSSR count). The second-order valence-electron chi connectivity index (χ2n) is 6.62. The van der Waals surface area contributed by atoms with Crippen LogP contribution in [-0.2, 0) is 19.6 Å². The first-order chi connectivity index (χ1) is 13.3. The number of rotatable bonds is 7. The molecule has 1 heterocycles. The molecule has 0 spiro atoms. The van der Waals surface area contributed by atoms with Crippen LogP contribution in [0.5, 0.6) is 5.75 Å². The summed E-state index contributed by atoms with van der Waals surface area (Å²) in [5.74, 6) is -0.498. The fourth-order valence-corrected chi connectivity index (χ4v) is 4.22. The molecule has 7 nitrogen and oxygen atoms in total. The zero-order valence-corrected chi connectivity index (χ0v) is 16.5. The molecule has 0 radical (unpaired) electrons. The van der Waals surface area contributed by atoms with Gasteiger partial charge < -0.3 is 4.74 Å². The number of amides is 2.